The first-order chi connectivity index (χ1) is 11.2. The molecule has 2 amide bonds. The number of hydrogen-bond acceptors (Lipinski definition) is 3. The van der Waals surface area contributed by atoms with Gasteiger partial charge in [0.25, 0.3) is 0 Å². The number of carbonyl (C=O) groups is 2. The molecular formula is C18H21N3O2. The number of benzene rings is 2. The lowest BCUT2D eigenvalue weighted by molar-refractivity contribution is -0.119. The van der Waals surface area contributed by atoms with E-state index in [1.165, 1.54) is 0 Å². The summed E-state index contributed by atoms with van der Waals surface area (Å²) in [5, 5.41) is 8.69. The van der Waals surface area contributed by atoms with Gasteiger partial charge in [0.05, 0.1) is 6.54 Å². The summed E-state index contributed by atoms with van der Waals surface area (Å²) >= 11 is 0. The lowest BCUT2D eigenvalue weighted by Crippen LogP contribution is -2.29. The van der Waals surface area contributed by atoms with Crippen LogP contribution in [0.2, 0.25) is 0 Å². The molecule has 0 aromatic heterocycles. The third-order valence-corrected chi connectivity index (χ3v) is 3.25. The third kappa shape index (κ3) is 5.82. The Morgan fingerprint density at radius 2 is 1.65 bits per heavy atom. The van der Waals surface area contributed by atoms with E-state index < -0.39 is 0 Å². The van der Waals surface area contributed by atoms with Crippen LogP contribution in [-0.2, 0) is 16.1 Å². The normalized spacial score (nSPS) is 9.96. The summed E-state index contributed by atoms with van der Waals surface area (Å²) in [7, 11) is 0. The highest BCUT2D eigenvalue weighted by Crippen LogP contribution is 2.15. The summed E-state index contributed by atoms with van der Waals surface area (Å²) in [4.78, 5) is 23.2. The van der Waals surface area contributed by atoms with Crippen LogP contribution in [0.5, 0.6) is 0 Å². The van der Waals surface area contributed by atoms with Gasteiger partial charge in [0.2, 0.25) is 11.8 Å². The Morgan fingerprint density at radius 3 is 2.39 bits per heavy atom. The van der Waals surface area contributed by atoms with Gasteiger partial charge in [0.1, 0.15) is 0 Å². The number of nitrogens with one attached hydrogen (secondary N) is 3. The minimum atomic E-state index is -0.0863. The molecule has 0 fully saturated rings. The summed E-state index contributed by atoms with van der Waals surface area (Å²) in [6.07, 6.45) is 0.430. The highest BCUT2D eigenvalue weighted by Gasteiger charge is 2.03. The van der Waals surface area contributed by atoms with Gasteiger partial charge in [0.15, 0.2) is 0 Å². The van der Waals surface area contributed by atoms with E-state index in [0.717, 1.165) is 11.3 Å². The first kappa shape index (κ1) is 16.5. The summed E-state index contributed by atoms with van der Waals surface area (Å²) in [6, 6.07) is 17.1. The molecule has 0 heterocycles. The molecule has 0 bridgehead atoms. The Balaban J connectivity index is 1.79. The van der Waals surface area contributed by atoms with E-state index in [1.807, 2.05) is 48.5 Å². The van der Waals surface area contributed by atoms with E-state index in [0.29, 0.717) is 18.7 Å². The molecule has 3 N–H and O–H groups in total. The maximum absolute atomic E-state index is 11.9. The largest absolute Gasteiger partial charge is 0.376 e. The van der Waals surface area contributed by atoms with E-state index in [4.69, 9.17) is 0 Å². The third-order valence-electron chi connectivity index (χ3n) is 3.25. The zero-order chi connectivity index (χ0) is 16.5. The second-order valence-electron chi connectivity index (χ2n) is 5.10. The SMILES string of the molecule is CCC(=O)Nc1cccc(NCC(=O)NCc2ccccc2)c1. The van der Waals surface area contributed by atoms with Crippen LogP contribution in [-0.4, -0.2) is 18.4 Å². The van der Waals surface area contributed by atoms with Crippen LogP contribution in [0, 0.1) is 0 Å². The van der Waals surface area contributed by atoms with Gasteiger partial charge in [-0.1, -0.05) is 43.3 Å². The first-order valence-electron chi connectivity index (χ1n) is 7.62. The van der Waals surface area contributed by atoms with E-state index >= 15 is 0 Å². The molecule has 0 aliphatic rings. The zero-order valence-corrected chi connectivity index (χ0v) is 13.1. The van der Waals surface area contributed by atoms with Gasteiger partial charge in [0, 0.05) is 24.3 Å². The number of hydrogen-bond donors (Lipinski definition) is 3. The minimum absolute atomic E-state index is 0.0391. The summed E-state index contributed by atoms with van der Waals surface area (Å²) < 4.78 is 0. The van der Waals surface area contributed by atoms with Crippen molar-refractivity contribution in [2.24, 2.45) is 0 Å². The number of amides is 2. The lowest BCUT2D eigenvalue weighted by Gasteiger charge is -2.10. The van der Waals surface area contributed by atoms with Crippen molar-refractivity contribution in [3.63, 3.8) is 0 Å². The quantitative estimate of drug-likeness (QED) is 0.736. The summed E-state index contributed by atoms with van der Waals surface area (Å²) in [5.41, 5.74) is 2.56. The molecule has 0 unspecified atom stereocenters. The van der Waals surface area contributed by atoms with Gasteiger partial charge in [-0.15, -0.1) is 0 Å². The van der Waals surface area contributed by atoms with E-state index in [1.54, 1.807) is 13.0 Å². The number of rotatable bonds is 7. The summed E-state index contributed by atoms with van der Waals surface area (Å²) in [6.45, 7) is 2.49. The summed E-state index contributed by atoms with van der Waals surface area (Å²) in [5.74, 6) is -0.125. The van der Waals surface area contributed by atoms with Crippen molar-refractivity contribution in [1.82, 2.24) is 5.32 Å². The van der Waals surface area contributed by atoms with Crippen molar-refractivity contribution in [3.8, 4) is 0 Å². The lowest BCUT2D eigenvalue weighted by atomic mass is 10.2. The van der Waals surface area contributed by atoms with Gasteiger partial charge < -0.3 is 16.0 Å². The standard InChI is InChI=1S/C18H21N3O2/c1-2-17(22)21-16-10-6-9-15(11-16)19-13-18(23)20-12-14-7-4-3-5-8-14/h3-11,19H,2,12-13H2,1H3,(H,20,23)(H,21,22). The maximum Gasteiger partial charge on any atom is 0.239 e. The molecule has 0 aliphatic carbocycles. The Labute approximate surface area is 136 Å². The van der Waals surface area contributed by atoms with Gasteiger partial charge in [-0.25, -0.2) is 0 Å². The highest BCUT2D eigenvalue weighted by molar-refractivity contribution is 5.91. The van der Waals surface area contributed by atoms with Gasteiger partial charge in [-0.3, -0.25) is 9.59 Å². The Kier molecular flexibility index (Phi) is 6.17. The molecule has 0 atom stereocenters. The molecular weight excluding hydrogens is 290 g/mol. The molecule has 0 aliphatic heterocycles. The molecule has 2 aromatic carbocycles. The first-order valence-corrected chi connectivity index (χ1v) is 7.62. The Morgan fingerprint density at radius 1 is 0.913 bits per heavy atom. The van der Waals surface area contributed by atoms with Crippen LogP contribution in [0.25, 0.3) is 0 Å². The van der Waals surface area contributed by atoms with Crippen LogP contribution in [0.1, 0.15) is 18.9 Å². The molecule has 5 nitrogen and oxygen atoms in total. The topological polar surface area (TPSA) is 70.2 Å². The molecule has 2 rings (SSSR count). The van der Waals surface area contributed by atoms with Crippen LogP contribution in [0.4, 0.5) is 11.4 Å². The molecule has 2 aromatic rings. The minimum Gasteiger partial charge on any atom is -0.376 e. The molecule has 0 radical (unpaired) electrons. The molecule has 120 valence electrons. The van der Waals surface area contributed by atoms with Crippen molar-refractivity contribution < 1.29 is 9.59 Å². The van der Waals surface area contributed by atoms with Crippen molar-refractivity contribution in [2.75, 3.05) is 17.2 Å². The molecule has 0 saturated heterocycles. The van der Waals surface area contributed by atoms with Crippen molar-refractivity contribution in [1.29, 1.82) is 0 Å². The maximum atomic E-state index is 11.9. The van der Waals surface area contributed by atoms with Gasteiger partial charge >= 0.3 is 0 Å². The van der Waals surface area contributed by atoms with Crippen LogP contribution < -0.4 is 16.0 Å². The molecule has 5 heteroatoms. The predicted molar refractivity (Wildman–Crippen MR) is 92.1 cm³/mol. The number of carbonyl (C=O) groups excluding carboxylic acids is 2. The van der Waals surface area contributed by atoms with Crippen molar-refractivity contribution in [3.05, 3.63) is 60.2 Å². The monoisotopic (exact) mass is 311 g/mol. The Bertz CT molecular complexity index is 656. The van der Waals surface area contributed by atoms with E-state index in [2.05, 4.69) is 16.0 Å². The van der Waals surface area contributed by atoms with Crippen LogP contribution in [0.3, 0.4) is 0 Å². The van der Waals surface area contributed by atoms with E-state index in [-0.39, 0.29) is 18.4 Å². The number of anilines is 2. The molecule has 23 heavy (non-hydrogen) atoms. The molecule has 0 spiro atoms. The van der Waals surface area contributed by atoms with E-state index in [9.17, 15) is 9.59 Å². The van der Waals surface area contributed by atoms with Crippen molar-refractivity contribution >= 4 is 23.2 Å². The molecule has 0 saturated carbocycles. The van der Waals surface area contributed by atoms with Crippen LogP contribution in [0.15, 0.2) is 54.6 Å². The van der Waals surface area contributed by atoms with Gasteiger partial charge in [-0.05, 0) is 23.8 Å². The predicted octanol–water partition coefficient (Wildman–Crippen LogP) is 2.76. The average Bonchev–Trinajstić information content (AvgIpc) is 2.59. The Hall–Kier alpha value is -2.82. The van der Waals surface area contributed by atoms with Crippen LogP contribution >= 0.6 is 0 Å². The highest BCUT2D eigenvalue weighted by atomic mass is 16.2. The van der Waals surface area contributed by atoms with Gasteiger partial charge in [-0.2, -0.15) is 0 Å². The second kappa shape index (κ2) is 8.58. The average molecular weight is 311 g/mol. The fourth-order valence-corrected chi connectivity index (χ4v) is 2.00. The fraction of sp³-hybridized carbons (Fsp3) is 0.222. The second-order valence-corrected chi connectivity index (χ2v) is 5.10. The fourth-order valence-electron chi connectivity index (χ4n) is 2.00. The zero-order valence-electron chi connectivity index (χ0n) is 13.1. The van der Waals surface area contributed by atoms with Crippen molar-refractivity contribution in [2.45, 2.75) is 19.9 Å². The smallest absolute Gasteiger partial charge is 0.239 e.